The zero-order valence-corrected chi connectivity index (χ0v) is 10.1. The maximum Gasteiger partial charge on any atom is 0.125 e. The maximum atomic E-state index is 13.2. The van der Waals surface area contributed by atoms with Gasteiger partial charge in [0.2, 0.25) is 0 Å². The van der Waals surface area contributed by atoms with Gasteiger partial charge in [-0.3, -0.25) is 0 Å². The maximum absolute atomic E-state index is 13.2. The first kappa shape index (κ1) is 11.0. The van der Waals surface area contributed by atoms with E-state index in [4.69, 9.17) is 0 Å². The van der Waals surface area contributed by atoms with Crippen LogP contribution >= 0.6 is 0 Å². The Hall–Kier alpha value is -1.09. The van der Waals surface area contributed by atoms with Crippen molar-refractivity contribution in [1.82, 2.24) is 5.32 Å². The van der Waals surface area contributed by atoms with Crippen LogP contribution in [0.5, 0.6) is 0 Å². The minimum absolute atomic E-state index is 0.116. The highest BCUT2D eigenvalue weighted by atomic mass is 19.1. The predicted molar refractivity (Wildman–Crippen MR) is 68.0 cm³/mol. The zero-order valence-electron chi connectivity index (χ0n) is 10.1. The number of halogens is 1. The molecule has 3 heteroatoms. The summed E-state index contributed by atoms with van der Waals surface area (Å²) in [6, 6.07) is 5.86. The van der Waals surface area contributed by atoms with Gasteiger partial charge in [0, 0.05) is 24.8 Å². The molecule has 1 aromatic carbocycles. The average molecular weight is 234 g/mol. The van der Waals surface area contributed by atoms with Crippen LogP contribution in [-0.2, 0) is 6.42 Å². The molecule has 1 unspecified atom stereocenters. The molecule has 1 N–H and O–H groups in total. The van der Waals surface area contributed by atoms with Gasteiger partial charge in [0.1, 0.15) is 5.82 Å². The van der Waals surface area contributed by atoms with Gasteiger partial charge < -0.3 is 10.2 Å². The Morgan fingerprint density at radius 3 is 3.18 bits per heavy atom. The normalized spacial score (nSPS) is 23.1. The molecule has 0 aliphatic carbocycles. The molecule has 0 saturated carbocycles. The molecule has 0 spiro atoms. The molecule has 1 atom stereocenters. The van der Waals surface area contributed by atoms with E-state index >= 15 is 0 Å². The molecule has 92 valence electrons. The number of anilines is 1. The molecular formula is C14H19FN2. The van der Waals surface area contributed by atoms with Crippen molar-refractivity contribution < 1.29 is 4.39 Å². The summed E-state index contributed by atoms with van der Waals surface area (Å²) in [5.41, 5.74) is 2.41. The minimum Gasteiger partial charge on any atom is -0.371 e. The van der Waals surface area contributed by atoms with Crippen molar-refractivity contribution in [3.63, 3.8) is 0 Å². The van der Waals surface area contributed by atoms with Gasteiger partial charge in [-0.25, -0.2) is 4.39 Å². The van der Waals surface area contributed by atoms with Crippen LogP contribution in [0.3, 0.4) is 0 Å². The molecule has 2 heterocycles. The van der Waals surface area contributed by atoms with E-state index in [1.54, 1.807) is 12.1 Å². The van der Waals surface area contributed by atoms with E-state index in [2.05, 4.69) is 10.2 Å². The van der Waals surface area contributed by atoms with E-state index < -0.39 is 0 Å². The standard InChI is InChI=1S/C14H19FN2/c15-12-4-3-11-5-8-17(14(11)10-12)9-6-13-2-1-7-16-13/h3-4,10,13,16H,1-2,5-9H2. The van der Waals surface area contributed by atoms with Crippen molar-refractivity contribution in [2.45, 2.75) is 31.7 Å². The third kappa shape index (κ3) is 2.29. The van der Waals surface area contributed by atoms with Crippen molar-refractivity contribution in [2.75, 3.05) is 24.5 Å². The minimum atomic E-state index is -0.116. The van der Waals surface area contributed by atoms with Crippen LogP contribution in [0.1, 0.15) is 24.8 Å². The molecule has 0 aromatic heterocycles. The van der Waals surface area contributed by atoms with Crippen LogP contribution in [0.2, 0.25) is 0 Å². The molecule has 3 rings (SSSR count). The molecule has 0 bridgehead atoms. The first-order valence-electron chi connectivity index (χ1n) is 6.60. The molecule has 0 radical (unpaired) electrons. The van der Waals surface area contributed by atoms with Crippen LogP contribution < -0.4 is 10.2 Å². The monoisotopic (exact) mass is 234 g/mol. The summed E-state index contributed by atoms with van der Waals surface area (Å²) in [6.07, 6.45) is 4.84. The highest BCUT2D eigenvalue weighted by molar-refractivity contribution is 5.58. The summed E-state index contributed by atoms with van der Waals surface area (Å²) in [6.45, 7) is 3.26. The van der Waals surface area contributed by atoms with Gasteiger partial charge in [-0.1, -0.05) is 6.07 Å². The lowest BCUT2D eigenvalue weighted by molar-refractivity contribution is 0.554. The number of hydrogen-bond donors (Lipinski definition) is 1. The molecule has 1 fully saturated rings. The molecule has 17 heavy (non-hydrogen) atoms. The van der Waals surface area contributed by atoms with Crippen LogP contribution in [0.25, 0.3) is 0 Å². The fourth-order valence-electron chi connectivity index (χ4n) is 2.97. The van der Waals surface area contributed by atoms with E-state index in [1.165, 1.54) is 24.8 Å². The fourth-order valence-corrected chi connectivity index (χ4v) is 2.97. The summed E-state index contributed by atoms with van der Waals surface area (Å²) < 4.78 is 13.2. The Balaban J connectivity index is 1.64. The number of fused-ring (bicyclic) bond motifs is 1. The molecule has 0 amide bonds. The highest BCUT2D eigenvalue weighted by Gasteiger charge is 2.21. The Morgan fingerprint density at radius 1 is 1.41 bits per heavy atom. The second-order valence-electron chi connectivity index (χ2n) is 5.09. The van der Waals surface area contributed by atoms with Crippen LogP contribution in [-0.4, -0.2) is 25.7 Å². The first-order valence-corrected chi connectivity index (χ1v) is 6.60. The Morgan fingerprint density at radius 2 is 2.35 bits per heavy atom. The van der Waals surface area contributed by atoms with E-state index in [0.717, 1.165) is 31.7 Å². The van der Waals surface area contributed by atoms with Gasteiger partial charge in [-0.05, 0) is 49.9 Å². The van der Waals surface area contributed by atoms with E-state index in [9.17, 15) is 4.39 Å². The summed E-state index contributed by atoms with van der Waals surface area (Å²) in [4.78, 5) is 2.33. The fraction of sp³-hybridized carbons (Fsp3) is 0.571. The van der Waals surface area contributed by atoms with Gasteiger partial charge in [-0.15, -0.1) is 0 Å². The third-order valence-corrected chi connectivity index (χ3v) is 3.95. The quantitative estimate of drug-likeness (QED) is 0.863. The summed E-state index contributed by atoms with van der Waals surface area (Å²) >= 11 is 0. The number of nitrogens with one attached hydrogen (secondary N) is 1. The third-order valence-electron chi connectivity index (χ3n) is 3.95. The molecular weight excluding hydrogens is 215 g/mol. The van der Waals surface area contributed by atoms with Crippen molar-refractivity contribution >= 4 is 5.69 Å². The molecule has 2 nitrogen and oxygen atoms in total. The van der Waals surface area contributed by atoms with Crippen LogP contribution in [0.4, 0.5) is 10.1 Å². The van der Waals surface area contributed by atoms with E-state index in [0.29, 0.717) is 6.04 Å². The molecule has 2 aliphatic rings. The van der Waals surface area contributed by atoms with Gasteiger partial charge in [-0.2, -0.15) is 0 Å². The van der Waals surface area contributed by atoms with Gasteiger partial charge in [0.15, 0.2) is 0 Å². The average Bonchev–Trinajstić information content (AvgIpc) is 2.94. The Labute approximate surface area is 102 Å². The first-order chi connectivity index (χ1) is 8.33. The predicted octanol–water partition coefficient (Wildman–Crippen LogP) is 2.33. The van der Waals surface area contributed by atoms with Gasteiger partial charge >= 0.3 is 0 Å². The molecule has 1 aromatic rings. The highest BCUT2D eigenvalue weighted by Crippen LogP contribution is 2.29. The van der Waals surface area contributed by atoms with E-state index in [-0.39, 0.29) is 5.82 Å². The second-order valence-corrected chi connectivity index (χ2v) is 5.09. The number of rotatable bonds is 3. The number of nitrogens with zero attached hydrogens (tertiary/aromatic N) is 1. The Kier molecular flexibility index (Phi) is 3.02. The van der Waals surface area contributed by atoms with Crippen molar-refractivity contribution in [3.05, 3.63) is 29.6 Å². The van der Waals surface area contributed by atoms with Crippen molar-refractivity contribution in [1.29, 1.82) is 0 Å². The number of benzene rings is 1. The van der Waals surface area contributed by atoms with Crippen molar-refractivity contribution in [3.8, 4) is 0 Å². The van der Waals surface area contributed by atoms with Gasteiger partial charge in [0.05, 0.1) is 0 Å². The second kappa shape index (κ2) is 4.65. The Bertz CT molecular complexity index is 399. The van der Waals surface area contributed by atoms with Gasteiger partial charge in [0.25, 0.3) is 0 Å². The summed E-state index contributed by atoms with van der Waals surface area (Å²) in [5.74, 6) is -0.116. The van der Waals surface area contributed by atoms with Crippen LogP contribution in [0.15, 0.2) is 18.2 Å². The lowest BCUT2D eigenvalue weighted by Crippen LogP contribution is -2.29. The molecule has 2 aliphatic heterocycles. The van der Waals surface area contributed by atoms with E-state index in [1.807, 2.05) is 6.07 Å². The smallest absolute Gasteiger partial charge is 0.125 e. The largest absolute Gasteiger partial charge is 0.371 e. The lowest BCUT2D eigenvalue weighted by atomic mass is 10.1. The summed E-state index contributed by atoms with van der Waals surface area (Å²) in [5, 5.41) is 3.52. The SMILES string of the molecule is Fc1ccc2c(c1)N(CCC1CCCN1)CC2. The topological polar surface area (TPSA) is 15.3 Å². The lowest BCUT2D eigenvalue weighted by Gasteiger charge is -2.21. The number of hydrogen-bond acceptors (Lipinski definition) is 2. The molecule has 1 saturated heterocycles. The zero-order chi connectivity index (χ0) is 11.7. The van der Waals surface area contributed by atoms with Crippen LogP contribution in [0, 0.1) is 5.82 Å². The summed E-state index contributed by atoms with van der Waals surface area (Å²) in [7, 11) is 0. The van der Waals surface area contributed by atoms with Crippen molar-refractivity contribution in [2.24, 2.45) is 0 Å².